The lowest BCUT2D eigenvalue weighted by Crippen LogP contribution is -2.65. The number of allylic oxidation sites excluding steroid dienone is 4. The number of halogens is 5. The van der Waals surface area contributed by atoms with Gasteiger partial charge in [-0.1, -0.05) is 36.8 Å². The maximum absolute atomic E-state index is 15.3. The number of amides is 1. The Kier molecular flexibility index (Phi) is 9.09. The maximum atomic E-state index is 15.3. The first-order valence-corrected chi connectivity index (χ1v) is 17.6. The topological polar surface area (TPSA) is 93.1 Å². The summed E-state index contributed by atoms with van der Waals surface area (Å²) in [5.41, 5.74) is -1.57. The van der Waals surface area contributed by atoms with E-state index in [2.05, 4.69) is 0 Å². The highest BCUT2D eigenvalue weighted by Gasteiger charge is 2.79. The Morgan fingerprint density at radius 3 is 2.32 bits per heavy atom. The Morgan fingerprint density at radius 1 is 1.00 bits per heavy atom. The molecular formula is C38H46F5NO6. The lowest BCUT2D eigenvalue weighted by Gasteiger charge is -2.56. The Hall–Kier alpha value is -3.28. The van der Waals surface area contributed by atoms with Crippen LogP contribution in [0.4, 0.5) is 26.7 Å². The minimum Gasteiger partial charge on any atom is -0.456 e. The number of ketones is 1. The fraction of sp³-hybridized carbons (Fsp3) is 0.658. The summed E-state index contributed by atoms with van der Waals surface area (Å²) >= 11 is 0. The zero-order chi connectivity index (χ0) is 36.6. The summed E-state index contributed by atoms with van der Waals surface area (Å²) in [6.07, 6.45) is -3.46. The van der Waals surface area contributed by atoms with Crippen LogP contribution in [0.15, 0.2) is 47.1 Å². The summed E-state index contributed by atoms with van der Waals surface area (Å²) in [4.78, 5) is 39.7. The van der Waals surface area contributed by atoms with Gasteiger partial charge in [-0.05, 0) is 119 Å². The molecule has 12 heteroatoms. The number of benzene rings is 1. The van der Waals surface area contributed by atoms with Crippen molar-refractivity contribution in [1.82, 2.24) is 4.90 Å². The molecule has 6 rings (SSSR count). The molecule has 0 spiro atoms. The van der Waals surface area contributed by atoms with Gasteiger partial charge in [-0.15, -0.1) is 0 Å². The SMILES string of the molecule is C[C@H](OC(=O)[C@@H]1CCCN1C(=O)OC(C)(C)C)c1ccc([C@H]2C[C@@]3(C)C(CC[C@@]3(O)C(F)(F)C(F)(F)F)C3CCC4=CC(=O)CCC4=C32)cc1. The van der Waals surface area contributed by atoms with Crippen LogP contribution in [0, 0.1) is 17.3 Å². The van der Waals surface area contributed by atoms with Crippen LogP contribution < -0.4 is 0 Å². The second-order valence-corrected chi connectivity index (χ2v) is 16.0. The fourth-order valence-corrected chi connectivity index (χ4v) is 9.59. The monoisotopic (exact) mass is 707 g/mol. The first-order chi connectivity index (χ1) is 23.2. The van der Waals surface area contributed by atoms with Crippen molar-refractivity contribution in [2.24, 2.45) is 17.3 Å². The lowest BCUT2D eigenvalue weighted by molar-refractivity contribution is -0.362. The third-order valence-electron chi connectivity index (χ3n) is 12.0. The summed E-state index contributed by atoms with van der Waals surface area (Å²) in [6, 6.07) is 6.27. The van der Waals surface area contributed by atoms with Gasteiger partial charge in [0.15, 0.2) is 5.78 Å². The van der Waals surface area contributed by atoms with Crippen molar-refractivity contribution in [3.63, 3.8) is 0 Å². The van der Waals surface area contributed by atoms with E-state index >= 15 is 8.78 Å². The van der Waals surface area contributed by atoms with Gasteiger partial charge in [0.1, 0.15) is 23.3 Å². The van der Waals surface area contributed by atoms with Crippen LogP contribution in [-0.4, -0.2) is 63.7 Å². The van der Waals surface area contributed by atoms with E-state index in [1.165, 1.54) is 11.8 Å². The van der Waals surface area contributed by atoms with Gasteiger partial charge in [0.2, 0.25) is 0 Å². The van der Waals surface area contributed by atoms with E-state index in [1.807, 2.05) is 0 Å². The van der Waals surface area contributed by atoms with Crippen molar-refractivity contribution in [3.8, 4) is 0 Å². The quantitative estimate of drug-likeness (QED) is 0.244. The lowest BCUT2D eigenvalue weighted by atomic mass is 9.50. The van der Waals surface area contributed by atoms with E-state index in [9.17, 15) is 32.7 Å². The summed E-state index contributed by atoms with van der Waals surface area (Å²) < 4.78 is 83.5. The molecule has 1 aromatic rings. The Balaban J connectivity index is 1.30. The molecule has 1 heterocycles. The largest absolute Gasteiger partial charge is 0.456 e. The highest BCUT2D eigenvalue weighted by atomic mass is 19.4. The van der Waals surface area contributed by atoms with E-state index in [0.29, 0.717) is 56.2 Å². The second-order valence-electron chi connectivity index (χ2n) is 16.0. The zero-order valence-corrected chi connectivity index (χ0v) is 29.2. The summed E-state index contributed by atoms with van der Waals surface area (Å²) in [6.45, 7) is 8.70. The van der Waals surface area contributed by atoms with Crippen molar-refractivity contribution in [2.45, 2.75) is 134 Å². The number of alkyl halides is 5. The van der Waals surface area contributed by atoms with Crippen LogP contribution in [0.5, 0.6) is 0 Å². The van der Waals surface area contributed by atoms with Gasteiger partial charge >= 0.3 is 24.2 Å². The van der Waals surface area contributed by atoms with Crippen LogP contribution in [0.25, 0.3) is 0 Å². The van der Waals surface area contributed by atoms with Crippen molar-refractivity contribution >= 4 is 17.8 Å². The molecule has 2 unspecified atom stereocenters. The molecule has 0 aromatic heterocycles. The number of likely N-dealkylation sites (tertiary alicyclic amines) is 1. The smallest absolute Gasteiger partial charge is 0.456 e. The highest BCUT2D eigenvalue weighted by molar-refractivity contribution is 5.93. The van der Waals surface area contributed by atoms with Crippen molar-refractivity contribution in [3.05, 3.63) is 58.2 Å². The van der Waals surface area contributed by atoms with Crippen molar-refractivity contribution in [1.29, 1.82) is 0 Å². The Labute approximate surface area is 289 Å². The second kappa shape index (κ2) is 12.4. The first kappa shape index (κ1) is 36.5. The van der Waals surface area contributed by atoms with Crippen molar-refractivity contribution < 1.29 is 50.9 Å². The van der Waals surface area contributed by atoms with Gasteiger partial charge in [-0.3, -0.25) is 9.69 Å². The molecule has 5 aliphatic rings. The van der Waals surface area contributed by atoms with Crippen molar-refractivity contribution in [2.75, 3.05) is 6.54 Å². The van der Waals surface area contributed by atoms with E-state index in [1.54, 1.807) is 58.0 Å². The van der Waals surface area contributed by atoms with Crippen LogP contribution >= 0.6 is 0 Å². The number of esters is 1. The molecule has 0 radical (unpaired) electrons. The number of hydrogen-bond donors (Lipinski definition) is 1. The number of carbonyl (C=O) groups is 3. The summed E-state index contributed by atoms with van der Waals surface area (Å²) in [5, 5.41) is 11.5. The number of hydrogen-bond acceptors (Lipinski definition) is 6. The van der Waals surface area contributed by atoms with Gasteiger partial charge < -0.3 is 14.6 Å². The first-order valence-electron chi connectivity index (χ1n) is 17.6. The minimum absolute atomic E-state index is 0.0137. The standard InChI is InChI=1S/C38H46F5NO6/c1-21(49-32(46)30-7-6-18-44(30)33(47)50-34(2,3)4)22-8-10-23(11-9-22)28-20-35(5)29(16-17-36(35,48)37(39,40)38(41,42)43)27-14-12-24-19-25(45)13-15-26(24)31(27)28/h8-11,19,21,27-30,48H,6-7,12-18,20H2,1-5H3/t21-,27?,28+,29?,30-,35-,36-/m0/s1. The van der Waals surface area contributed by atoms with E-state index in [0.717, 1.165) is 16.7 Å². The third kappa shape index (κ3) is 5.96. The summed E-state index contributed by atoms with van der Waals surface area (Å²) in [7, 11) is 0. The average molecular weight is 708 g/mol. The molecule has 1 N–H and O–H groups in total. The predicted molar refractivity (Wildman–Crippen MR) is 173 cm³/mol. The van der Waals surface area contributed by atoms with Crippen LogP contribution in [0.2, 0.25) is 0 Å². The highest BCUT2D eigenvalue weighted by Crippen LogP contribution is 2.70. The van der Waals surface area contributed by atoms with E-state index < -0.39 is 71.2 Å². The van der Waals surface area contributed by atoms with Gasteiger partial charge in [0.25, 0.3) is 0 Å². The number of nitrogens with zero attached hydrogens (tertiary/aromatic N) is 1. The van der Waals surface area contributed by atoms with Gasteiger partial charge in [0, 0.05) is 24.3 Å². The third-order valence-corrected chi connectivity index (χ3v) is 12.0. The molecule has 274 valence electrons. The van der Waals surface area contributed by atoms with Gasteiger partial charge in [0.05, 0.1) is 0 Å². The fourth-order valence-electron chi connectivity index (χ4n) is 9.59. The number of rotatable bonds is 5. The van der Waals surface area contributed by atoms with Gasteiger partial charge in [-0.25, -0.2) is 9.59 Å². The van der Waals surface area contributed by atoms with Crippen LogP contribution in [-0.2, 0) is 19.1 Å². The molecule has 2 saturated carbocycles. The molecule has 50 heavy (non-hydrogen) atoms. The summed E-state index contributed by atoms with van der Waals surface area (Å²) in [5.74, 6) is -7.35. The van der Waals surface area contributed by atoms with Gasteiger partial charge in [-0.2, -0.15) is 22.0 Å². The molecule has 7 nitrogen and oxygen atoms in total. The molecule has 1 saturated heterocycles. The average Bonchev–Trinajstić information content (AvgIpc) is 3.63. The molecule has 1 amide bonds. The van der Waals surface area contributed by atoms with E-state index in [-0.39, 0.29) is 24.5 Å². The molecule has 1 aromatic carbocycles. The number of aliphatic hydroxyl groups is 1. The van der Waals surface area contributed by atoms with E-state index in [4.69, 9.17) is 9.47 Å². The molecule has 4 aliphatic carbocycles. The normalized spacial score (nSPS) is 32.2. The molecular weight excluding hydrogens is 661 g/mol. The van der Waals surface area contributed by atoms with Crippen LogP contribution in [0.3, 0.4) is 0 Å². The number of carbonyl (C=O) groups excluding carboxylic acids is 3. The maximum Gasteiger partial charge on any atom is 0.456 e. The molecule has 1 aliphatic heterocycles. The number of ether oxygens (including phenoxy) is 2. The predicted octanol–water partition coefficient (Wildman–Crippen LogP) is 8.52. The van der Waals surface area contributed by atoms with Crippen LogP contribution in [0.1, 0.15) is 116 Å². The zero-order valence-electron chi connectivity index (χ0n) is 29.2. The Morgan fingerprint density at radius 2 is 1.68 bits per heavy atom. The molecule has 7 atom stereocenters. The molecule has 3 fully saturated rings. The molecule has 0 bridgehead atoms. The minimum atomic E-state index is -5.92. The number of fused-ring (bicyclic) bond motifs is 4. The Bertz CT molecular complexity index is 1610.